The minimum Gasteiger partial charge on any atom is -0.483 e. The summed E-state index contributed by atoms with van der Waals surface area (Å²) in [5, 5.41) is 7.03. The highest BCUT2D eigenvalue weighted by Gasteiger charge is 2.50. The van der Waals surface area contributed by atoms with Crippen LogP contribution in [-0.4, -0.2) is 62.9 Å². The summed E-state index contributed by atoms with van der Waals surface area (Å²) in [5.41, 5.74) is -1.21. The molecule has 6 atom stereocenters. The van der Waals surface area contributed by atoms with E-state index in [1.807, 2.05) is 58.2 Å². The SMILES string of the molecule is CN[C@H]1C[C@@H](C)O[C@@H](OC2C(C)(C)CCCNCCCC(C)OC(=O)C(C)(C)CC2(C)C)[C@@H]1Oc1ccccc1. The molecule has 0 spiro atoms. The highest BCUT2D eigenvalue weighted by Crippen LogP contribution is 2.47. The summed E-state index contributed by atoms with van der Waals surface area (Å²) in [4.78, 5) is 13.4. The van der Waals surface area contributed by atoms with Gasteiger partial charge in [-0.05, 0) is 109 Å². The Labute approximate surface area is 243 Å². The van der Waals surface area contributed by atoms with Gasteiger partial charge in [-0.3, -0.25) is 4.79 Å². The first-order chi connectivity index (χ1) is 18.7. The van der Waals surface area contributed by atoms with Crippen LogP contribution in [-0.2, 0) is 19.0 Å². The molecule has 2 unspecified atom stereocenters. The molecule has 0 bridgehead atoms. The van der Waals surface area contributed by atoms with Gasteiger partial charge in [-0.25, -0.2) is 0 Å². The molecular formula is C33H56N2O5. The smallest absolute Gasteiger partial charge is 0.311 e. The fourth-order valence-electron chi connectivity index (χ4n) is 6.93. The van der Waals surface area contributed by atoms with E-state index in [1.54, 1.807) is 0 Å². The third kappa shape index (κ3) is 8.91. The van der Waals surface area contributed by atoms with Gasteiger partial charge in [-0.15, -0.1) is 0 Å². The average molecular weight is 561 g/mol. The zero-order valence-corrected chi connectivity index (χ0v) is 26.5. The van der Waals surface area contributed by atoms with E-state index in [0.717, 1.165) is 50.9 Å². The van der Waals surface area contributed by atoms with Crippen LogP contribution < -0.4 is 15.4 Å². The Morgan fingerprint density at radius 1 is 0.950 bits per heavy atom. The monoisotopic (exact) mass is 560 g/mol. The predicted octanol–water partition coefficient (Wildman–Crippen LogP) is 6.11. The van der Waals surface area contributed by atoms with Crippen LogP contribution in [0, 0.1) is 16.2 Å². The number of carbonyl (C=O) groups is 1. The molecule has 1 aromatic rings. The first kappa shape index (κ1) is 32.8. The fourth-order valence-corrected chi connectivity index (χ4v) is 6.93. The highest BCUT2D eigenvalue weighted by atomic mass is 16.7. The minimum atomic E-state index is -0.665. The number of likely N-dealkylation sites (N-methyl/N-ethyl adjacent to an activating group) is 1. The van der Waals surface area contributed by atoms with Crippen molar-refractivity contribution < 1.29 is 23.7 Å². The van der Waals surface area contributed by atoms with Crippen molar-refractivity contribution in [2.45, 2.75) is 131 Å². The van der Waals surface area contributed by atoms with Gasteiger partial charge in [0.1, 0.15) is 5.75 Å². The molecule has 40 heavy (non-hydrogen) atoms. The molecule has 0 amide bonds. The third-order valence-electron chi connectivity index (χ3n) is 8.59. The summed E-state index contributed by atoms with van der Waals surface area (Å²) in [6.45, 7) is 19.0. The van der Waals surface area contributed by atoms with Gasteiger partial charge in [0.15, 0.2) is 12.4 Å². The molecule has 7 heteroatoms. The molecule has 2 fully saturated rings. The number of rotatable bonds is 5. The molecule has 0 saturated carbocycles. The standard InChI is InChI=1S/C33H56N2O5/c1-23-15-13-19-35-20-14-18-31(3,4)29(32(5,6)22-33(7,8)30(36)38-23)40-28-27(26(34-9)21-24(2)37-28)39-25-16-11-10-12-17-25/h10-12,16-17,23-24,26-29,34-35H,13-15,18-22H2,1-9H3/t23?,24-,26+,27-,28+,29?/m1/s1. The van der Waals surface area contributed by atoms with Crippen molar-refractivity contribution in [1.29, 1.82) is 0 Å². The minimum absolute atomic E-state index is 0.0173. The number of esters is 1. The lowest BCUT2D eigenvalue weighted by Crippen LogP contribution is -2.59. The number of hydrogen-bond acceptors (Lipinski definition) is 7. The number of nitrogens with one attached hydrogen (secondary N) is 2. The summed E-state index contributed by atoms with van der Waals surface area (Å²) < 4.78 is 26.1. The van der Waals surface area contributed by atoms with Gasteiger partial charge in [0.25, 0.3) is 0 Å². The largest absolute Gasteiger partial charge is 0.483 e. The van der Waals surface area contributed by atoms with Crippen molar-refractivity contribution in [3.63, 3.8) is 0 Å². The second-order valence-corrected chi connectivity index (χ2v) is 14.1. The topological polar surface area (TPSA) is 78.0 Å². The first-order valence-electron chi connectivity index (χ1n) is 15.4. The van der Waals surface area contributed by atoms with Crippen molar-refractivity contribution >= 4 is 5.97 Å². The lowest BCUT2D eigenvalue weighted by atomic mass is 9.64. The molecule has 228 valence electrons. The maximum Gasteiger partial charge on any atom is 0.311 e. The summed E-state index contributed by atoms with van der Waals surface area (Å²) in [6, 6.07) is 9.96. The molecule has 0 aromatic heterocycles. The summed E-state index contributed by atoms with van der Waals surface area (Å²) >= 11 is 0. The fraction of sp³-hybridized carbons (Fsp3) is 0.788. The summed E-state index contributed by atoms with van der Waals surface area (Å²) in [5.74, 6) is 0.653. The number of para-hydroxylation sites is 1. The maximum atomic E-state index is 13.4. The first-order valence-corrected chi connectivity index (χ1v) is 15.4. The van der Waals surface area contributed by atoms with E-state index < -0.39 is 11.7 Å². The Kier molecular flexibility index (Phi) is 11.5. The number of benzene rings is 1. The van der Waals surface area contributed by atoms with Crippen molar-refractivity contribution in [2.24, 2.45) is 16.2 Å². The van der Waals surface area contributed by atoms with E-state index in [-0.39, 0.29) is 47.3 Å². The van der Waals surface area contributed by atoms with E-state index in [4.69, 9.17) is 18.9 Å². The Balaban J connectivity index is 1.95. The molecule has 0 aliphatic carbocycles. The molecule has 2 aliphatic rings. The normalized spacial score (nSPS) is 33.7. The number of ether oxygens (including phenoxy) is 4. The van der Waals surface area contributed by atoms with Gasteiger partial charge in [0.05, 0.1) is 29.8 Å². The highest BCUT2D eigenvalue weighted by molar-refractivity contribution is 5.76. The number of cyclic esters (lactones) is 1. The molecule has 2 saturated heterocycles. The van der Waals surface area contributed by atoms with Gasteiger partial charge in [0.2, 0.25) is 0 Å². The van der Waals surface area contributed by atoms with Gasteiger partial charge in [-0.2, -0.15) is 0 Å². The van der Waals surface area contributed by atoms with Crippen LogP contribution in [0.1, 0.15) is 93.9 Å². The Morgan fingerprint density at radius 3 is 2.30 bits per heavy atom. The number of hydrogen-bond donors (Lipinski definition) is 2. The average Bonchev–Trinajstić information content (AvgIpc) is 2.87. The van der Waals surface area contributed by atoms with E-state index in [1.165, 1.54) is 0 Å². The lowest BCUT2D eigenvalue weighted by molar-refractivity contribution is -0.285. The molecule has 3 rings (SSSR count). The van der Waals surface area contributed by atoms with Gasteiger partial charge in [0, 0.05) is 0 Å². The molecule has 2 N–H and O–H groups in total. The Hall–Kier alpha value is -1.67. The lowest BCUT2D eigenvalue weighted by Gasteiger charge is -2.50. The predicted molar refractivity (Wildman–Crippen MR) is 160 cm³/mol. The quantitative estimate of drug-likeness (QED) is 0.421. The van der Waals surface area contributed by atoms with Crippen LogP contribution in [0.15, 0.2) is 30.3 Å². The molecule has 2 aliphatic heterocycles. The van der Waals surface area contributed by atoms with Crippen molar-refractivity contribution in [3.8, 4) is 5.75 Å². The van der Waals surface area contributed by atoms with Crippen LogP contribution in [0.5, 0.6) is 5.75 Å². The van der Waals surface area contributed by atoms with E-state index in [9.17, 15) is 4.79 Å². The zero-order chi connectivity index (χ0) is 29.6. The Morgan fingerprint density at radius 2 is 1.62 bits per heavy atom. The van der Waals surface area contributed by atoms with Crippen molar-refractivity contribution in [1.82, 2.24) is 10.6 Å². The Bertz CT molecular complexity index is 919. The zero-order valence-electron chi connectivity index (χ0n) is 26.5. The second kappa shape index (κ2) is 14.0. The van der Waals surface area contributed by atoms with E-state index in [2.05, 4.69) is 45.3 Å². The number of carbonyl (C=O) groups excluding carboxylic acids is 1. The molecule has 7 nitrogen and oxygen atoms in total. The summed E-state index contributed by atoms with van der Waals surface area (Å²) in [6.07, 6.45) is 4.15. The van der Waals surface area contributed by atoms with Gasteiger partial charge >= 0.3 is 5.97 Å². The van der Waals surface area contributed by atoms with Crippen LogP contribution in [0.2, 0.25) is 0 Å². The van der Waals surface area contributed by atoms with E-state index in [0.29, 0.717) is 6.42 Å². The molecule has 2 heterocycles. The maximum absolute atomic E-state index is 13.4. The van der Waals surface area contributed by atoms with Crippen LogP contribution >= 0.6 is 0 Å². The van der Waals surface area contributed by atoms with Crippen LogP contribution in [0.25, 0.3) is 0 Å². The van der Waals surface area contributed by atoms with Crippen molar-refractivity contribution in [3.05, 3.63) is 30.3 Å². The third-order valence-corrected chi connectivity index (χ3v) is 8.59. The van der Waals surface area contributed by atoms with Crippen LogP contribution in [0.4, 0.5) is 0 Å². The second-order valence-electron chi connectivity index (χ2n) is 14.1. The molecular weight excluding hydrogens is 504 g/mol. The van der Waals surface area contributed by atoms with Gasteiger partial charge in [-0.1, -0.05) is 45.9 Å². The van der Waals surface area contributed by atoms with Crippen molar-refractivity contribution in [2.75, 3.05) is 20.1 Å². The van der Waals surface area contributed by atoms with E-state index >= 15 is 0 Å². The molecule has 0 radical (unpaired) electrons. The van der Waals surface area contributed by atoms with Gasteiger partial charge < -0.3 is 29.6 Å². The van der Waals surface area contributed by atoms with Crippen LogP contribution in [0.3, 0.4) is 0 Å². The summed E-state index contributed by atoms with van der Waals surface area (Å²) in [7, 11) is 1.97. The molecule has 1 aromatic carbocycles.